The van der Waals surface area contributed by atoms with Crippen LogP contribution in [0.1, 0.15) is 31.7 Å². The van der Waals surface area contributed by atoms with Gasteiger partial charge in [0.15, 0.2) is 0 Å². The first kappa shape index (κ1) is 11.5. The van der Waals surface area contributed by atoms with Crippen molar-refractivity contribution in [2.24, 2.45) is 0 Å². The lowest BCUT2D eigenvalue weighted by molar-refractivity contribution is -0.129. The Balaban J connectivity index is 2.27. The van der Waals surface area contributed by atoms with Crippen LogP contribution in [0, 0.1) is 0 Å². The summed E-state index contributed by atoms with van der Waals surface area (Å²) in [5.74, 6) is 0.156. The van der Waals surface area contributed by atoms with Crippen molar-refractivity contribution in [2.75, 3.05) is 6.54 Å². The van der Waals surface area contributed by atoms with E-state index in [0.29, 0.717) is 11.6 Å². The first-order valence-corrected chi connectivity index (χ1v) is 6.11. The zero-order chi connectivity index (χ0) is 11.6. The molecule has 0 saturated heterocycles. The number of likely N-dealkylation sites (N-methyl/N-ethyl adjacent to an activating group) is 1. The summed E-state index contributed by atoms with van der Waals surface area (Å²) in [5, 5.41) is 3.65. The number of hydrogen-bond acceptors (Lipinski definition) is 1. The molecule has 1 N–H and O–H groups in total. The van der Waals surface area contributed by atoms with Crippen LogP contribution in [0.3, 0.4) is 0 Å². The summed E-state index contributed by atoms with van der Waals surface area (Å²) in [6.45, 7) is 2.64. The fraction of sp³-hybridized carbons (Fsp3) is 0.462. The highest BCUT2D eigenvalue weighted by atomic mass is 35.5. The minimum Gasteiger partial charge on any atom is -0.356 e. The summed E-state index contributed by atoms with van der Waals surface area (Å²) in [5.41, 5.74) is 0.801. The monoisotopic (exact) mass is 237 g/mol. The molecule has 1 aliphatic rings. The lowest BCUT2D eigenvalue weighted by Crippen LogP contribution is -2.49. The quantitative estimate of drug-likeness (QED) is 0.861. The van der Waals surface area contributed by atoms with E-state index in [9.17, 15) is 4.79 Å². The number of rotatable bonds is 3. The minimum absolute atomic E-state index is 0.156. The maximum absolute atomic E-state index is 12.1. The topological polar surface area (TPSA) is 29.1 Å². The van der Waals surface area contributed by atoms with Gasteiger partial charge in [-0.05, 0) is 37.5 Å². The van der Waals surface area contributed by atoms with Crippen LogP contribution < -0.4 is 5.32 Å². The van der Waals surface area contributed by atoms with E-state index in [1.165, 1.54) is 0 Å². The Kier molecular flexibility index (Phi) is 3.20. The highest BCUT2D eigenvalue weighted by Gasteiger charge is 2.45. The van der Waals surface area contributed by atoms with Crippen molar-refractivity contribution >= 4 is 17.5 Å². The normalized spacial score (nSPS) is 17.6. The van der Waals surface area contributed by atoms with Gasteiger partial charge in [-0.15, -0.1) is 0 Å². The van der Waals surface area contributed by atoms with E-state index in [1.54, 1.807) is 0 Å². The van der Waals surface area contributed by atoms with E-state index >= 15 is 0 Å². The maximum atomic E-state index is 12.1. The number of nitrogens with one attached hydrogen (secondary N) is 1. The molecule has 0 radical (unpaired) electrons. The molecule has 1 aliphatic carbocycles. The SMILES string of the molecule is CCNC(=O)C1(c2ccc(Cl)cc2)CCC1. The van der Waals surface area contributed by atoms with E-state index in [-0.39, 0.29) is 11.3 Å². The van der Waals surface area contributed by atoms with Crippen LogP contribution >= 0.6 is 11.6 Å². The number of amides is 1. The molecule has 2 nitrogen and oxygen atoms in total. The third-order valence-corrected chi connectivity index (χ3v) is 3.63. The average molecular weight is 238 g/mol. The first-order valence-electron chi connectivity index (χ1n) is 5.73. The van der Waals surface area contributed by atoms with E-state index in [0.717, 1.165) is 24.8 Å². The highest BCUT2D eigenvalue weighted by molar-refractivity contribution is 6.30. The molecular formula is C13H16ClNO. The molecule has 0 aliphatic heterocycles. The number of hydrogen-bond donors (Lipinski definition) is 1. The van der Waals surface area contributed by atoms with Crippen molar-refractivity contribution < 1.29 is 4.79 Å². The van der Waals surface area contributed by atoms with E-state index in [1.807, 2.05) is 31.2 Å². The Bertz CT molecular complexity index is 381. The molecule has 1 aromatic carbocycles. The largest absolute Gasteiger partial charge is 0.356 e. The lowest BCUT2D eigenvalue weighted by atomic mass is 9.64. The summed E-state index contributed by atoms with van der Waals surface area (Å²) >= 11 is 5.86. The number of halogens is 1. The number of carbonyl (C=O) groups is 1. The van der Waals surface area contributed by atoms with Crippen molar-refractivity contribution in [2.45, 2.75) is 31.6 Å². The molecule has 1 saturated carbocycles. The molecule has 3 heteroatoms. The van der Waals surface area contributed by atoms with Crippen LogP contribution in [0.5, 0.6) is 0 Å². The van der Waals surface area contributed by atoms with Gasteiger partial charge in [-0.25, -0.2) is 0 Å². The maximum Gasteiger partial charge on any atom is 0.230 e. The van der Waals surface area contributed by atoms with Crippen LogP contribution in [0.15, 0.2) is 24.3 Å². The zero-order valence-electron chi connectivity index (χ0n) is 9.42. The summed E-state index contributed by atoms with van der Waals surface area (Å²) < 4.78 is 0. The average Bonchev–Trinajstić information content (AvgIpc) is 2.19. The molecule has 16 heavy (non-hydrogen) atoms. The third kappa shape index (κ3) is 1.82. The summed E-state index contributed by atoms with van der Waals surface area (Å²) in [6, 6.07) is 7.65. The zero-order valence-corrected chi connectivity index (χ0v) is 10.2. The van der Waals surface area contributed by atoms with Crippen molar-refractivity contribution in [3.05, 3.63) is 34.9 Å². The highest BCUT2D eigenvalue weighted by Crippen LogP contribution is 2.44. The number of carbonyl (C=O) groups excluding carboxylic acids is 1. The first-order chi connectivity index (χ1) is 7.69. The van der Waals surface area contributed by atoms with E-state index < -0.39 is 0 Å². The summed E-state index contributed by atoms with van der Waals surface area (Å²) in [6.07, 6.45) is 3.01. The van der Waals surface area contributed by atoms with Crippen molar-refractivity contribution in [3.8, 4) is 0 Å². The Labute approximate surface area is 101 Å². The second-order valence-corrected chi connectivity index (χ2v) is 4.74. The molecule has 86 valence electrons. The van der Waals surface area contributed by atoms with Gasteiger partial charge in [0.2, 0.25) is 5.91 Å². The third-order valence-electron chi connectivity index (χ3n) is 3.38. The fourth-order valence-electron chi connectivity index (χ4n) is 2.28. The minimum atomic E-state index is -0.291. The number of benzene rings is 1. The Morgan fingerprint density at radius 2 is 2.00 bits per heavy atom. The Hall–Kier alpha value is -1.02. The molecule has 1 aromatic rings. The molecule has 0 unspecified atom stereocenters. The van der Waals surface area contributed by atoms with E-state index in [4.69, 9.17) is 11.6 Å². The van der Waals surface area contributed by atoms with E-state index in [2.05, 4.69) is 5.32 Å². The van der Waals surface area contributed by atoms with Gasteiger partial charge in [0.05, 0.1) is 5.41 Å². The van der Waals surface area contributed by atoms with Crippen molar-refractivity contribution in [3.63, 3.8) is 0 Å². The molecule has 0 atom stereocenters. The predicted octanol–water partition coefficient (Wildman–Crippen LogP) is 2.90. The smallest absolute Gasteiger partial charge is 0.230 e. The van der Waals surface area contributed by atoms with Gasteiger partial charge in [0.1, 0.15) is 0 Å². The molecule has 0 spiro atoms. The molecule has 0 heterocycles. The van der Waals surface area contributed by atoms with Crippen LogP contribution in [0.2, 0.25) is 5.02 Å². The standard InChI is InChI=1S/C13H16ClNO/c1-2-15-12(16)13(8-3-9-13)10-4-6-11(14)7-5-10/h4-7H,2-3,8-9H2,1H3,(H,15,16). The van der Waals surface area contributed by atoms with Gasteiger partial charge in [0.25, 0.3) is 0 Å². The van der Waals surface area contributed by atoms with Gasteiger partial charge in [-0.1, -0.05) is 30.2 Å². The van der Waals surface area contributed by atoms with Crippen LogP contribution in [0.4, 0.5) is 0 Å². The van der Waals surface area contributed by atoms with Crippen LogP contribution in [-0.2, 0) is 10.2 Å². The fourth-order valence-corrected chi connectivity index (χ4v) is 2.40. The molecule has 0 bridgehead atoms. The van der Waals surface area contributed by atoms with Crippen LogP contribution in [-0.4, -0.2) is 12.5 Å². The Morgan fingerprint density at radius 3 is 2.44 bits per heavy atom. The lowest BCUT2D eigenvalue weighted by Gasteiger charge is -2.40. The van der Waals surface area contributed by atoms with Gasteiger partial charge >= 0.3 is 0 Å². The Morgan fingerprint density at radius 1 is 1.38 bits per heavy atom. The van der Waals surface area contributed by atoms with Gasteiger partial charge in [0, 0.05) is 11.6 Å². The van der Waals surface area contributed by atoms with Gasteiger partial charge < -0.3 is 5.32 Å². The summed E-state index contributed by atoms with van der Waals surface area (Å²) in [7, 11) is 0. The van der Waals surface area contributed by atoms with Crippen molar-refractivity contribution in [1.82, 2.24) is 5.32 Å². The second-order valence-electron chi connectivity index (χ2n) is 4.30. The molecule has 0 aromatic heterocycles. The molecule has 1 amide bonds. The van der Waals surface area contributed by atoms with Gasteiger partial charge in [-0.2, -0.15) is 0 Å². The second kappa shape index (κ2) is 4.46. The van der Waals surface area contributed by atoms with Crippen molar-refractivity contribution in [1.29, 1.82) is 0 Å². The molecular weight excluding hydrogens is 222 g/mol. The molecule has 1 fully saturated rings. The van der Waals surface area contributed by atoms with Gasteiger partial charge in [-0.3, -0.25) is 4.79 Å². The van der Waals surface area contributed by atoms with Crippen LogP contribution in [0.25, 0.3) is 0 Å². The molecule has 2 rings (SSSR count). The summed E-state index contributed by atoms with van der Waals surface area (Å²) in [4.78, 5) is 12.1. The predicted molar refractivity (Wildman–Crippen MR) is 65.7 cm³/mol.